The zero-order valence-electron chi connectivity index (χ0n) is 31.6. The van der Waals surface area contributed by atoms with Crippen molar-refractivity contribution in [3.05, 3.63) is 185 Å². The van der Waals surface area contributed by atoms with Gasteiger partial charge in [0.15, 0.2) is 0 Å². The van der Waals surface area contributed by atoms with E-state index in [9.17, 15) is 0 Å². The van der Waals surface area contributed by atoms with Gasteiger partial charge in [0.25, 0.3) is 0 Å². The third kappa shape index (κ3) is 10.2. The van der Waals surface area contributed by atoms with Gasteiger partial charge in [0.05, 0.1) is 0 Å². The molecule has 0 bridgehead atoms. The number of aryl methyl sites for hydroxylation is 3. The summed E-state index contributed by atoms with van der Waals surface area (Å²) >= 11 is 0. The molecule has 0 unspecified atom stereocenters. The van der Waals surface area contributed by atoms with Gasteiger partial charge in [-0.25, -0.2) is 0 Å². The maximum atomic E-state index is 3.99. The van der Waals surface area contributed by atoms with Gasteiger partial charge in [-0.05, 0) is 173 Å². The third-order valence-corrected chi connectivity index (χ3v) is 8.76. The molecule has 0 aliphatic heterocycles. The summed E-state index contributed by atoms with van der Waals surface area (Å²) in [5.74, 6) is 0. The summed E-state index contributed by atoms with van der Waals surface area (Å²) in [6.07, 6.45) is 21.9. The molecule has 0 amide bonds. The van der Waals surface area contributed by atoms with Crippen molar-refractivity contribution >= 4 is 17.1 Å². The minimum atomic E-state index is 0.892. The van der Waals surface area contributed by atoms with Gasteiger partial charge >= 0.3 is 0 Å². The van der Waals surface area contributed by atoms with Gasteiger partial charge in [-0.2, -0.15) is 0 Å². The number of anilines is 3. The number of allylic oxidation sites excluding steroid dienone is 14. The van der Waals surface area contributed by atoms with Crippen LogP contribution in [0.1, 0.15) is 71.6 Å². The molecule has 0 aliphatic carbocycles. The molecule has 2 nitrogen and oxygen atoms in total. The molecule has 0 heterocycles. The van der Waals surface area contributed by atoms with E-state index in [0.29, 0.717) is 0 Å². The van der Waals surface area contributed by atoms with Crippen molar-refractivity contribution in [2.45, 2.75) is 75.7 Å². The highest BCUT2D eigenvalue weighted by atomic mass is 15.2. The van der Waals surface area contributed by atoms with Gasteiger partial charge in [-0.3, -0.25) is 0 Å². The Balaban J connectivity index is 2.14. The first kappa shape index (κ1) is 38.4. The van der Waals surface area contributed by atoms with Gasteiger partial charge in [-0.15, -0.1) is 0 Å². The summed E-state index contributed by atoms with van der Waals surface area (Å²) in [6, 6.07) is 22.4. The van der Waals surface area contributed by atoms with Gasteiger partial charge in [0.1, 0.15) is 0 Å². The van der Waals surface area contributed by atoms with Crippen LogP contribution in [0.25, 0.3) is 11.1 Å². The molecule has 49 heavy (non-hydrogen) atoms. The number of benzene rings is 3. The Kier molecular flexibility index (Phi) is 14.5. The van der Waals surface area contributed by atoms with Crippen molar-refractivity contribution in [3.63, 3.8) is 0 Å². The minimum absolute atomic E-state index is 0.892. The predicted octanol–water partition coefficient (Wildman–Crippen LogP) is 14.1. The second-order valence-electron chi connectivity index (χ2n) is 12.7. The lowest BCUT2D eigenvalue weighted by Crippen LogP contribution is -2.17. The number of nitrogens with zero attached hydrogens (tertiary/aromatic N) is 2. The van der Waals surface area contributed by atoms with Crippen LogP contribution in [0, 0.1) is 20.8 Å². The summed E-state index contributed by atoms with van der Waals surface area (Å²) in [6.45, 7) is 29.4. The van der Waals surface area contributed by atoms with Crippen molar-refractivity contribution in [3.8, 4) is 11.1 Å². The molecule has 0 aromatic heterocycles. The molecular formula is C47H56N2. The van der Waals surface area contributed by atoms with Crippen LogP contribution >= 0.6 is 0 Å². The quantitative estimate of drug-likeness (QED) is 0.161. The SMILES string of the molecule is C=C/C(C)=C\C(=C/C)N(/C=C/C(C)=C\C=C/C)c1ccc(-c2ccc(N(/C(=C/C(C)=C(\C)C=C)CC)c3cccc(C)c3)c(C)c2)cc1C. The molecule has 0 radical (unpaired) electrons. The molecule has 0 N–H and O–H groups in total. The molecule has 3 rings (SSSR count). The van der Waals surface area contributed by atoms with Crippen molar-refractivity contribution in [2.75, 3.05) is 9.80 Å². The first-order chi connectivity index (χ1) is 23.5. The van der Waals surface area contributed by atoms with Gasteiger partial charge in [0, 0.05) is 34.7 Å². The van der Waals surface area contributed by atoms with E-state index in [0.717, 1.165) is 29.1 Å². The molecule has 2 heteroatoms. The zero-order valence-corrected chi connectivity index (χ0v) is 31.6. The van der Waals surface area contributed by atoms with Crippen molar-refractivity contribution < 1.29 is 0 Å². The molecule has 254 valence electrons. The van der Waals surface area contributed by atoms with Crippen molar-refractivity contribution in [1.29, 1.82) is 0 Å². The first-order valence-corrected chi connectivity index (χ1v) is 17.3. The van der Waals surface area contributed by atoms with Crippen LogP contribution in [0.15, 0.2) is 168 Å². The minimum Gasteiger partial charge on any atom is -0.317 e. The third-order valence-electron chi connectivity index (χ3n) is 8.76. The number of hydrogen-bond acceptors (Lipinski definition) is 2. The molecule has 0 spiro atoms. The van der Waals surface area contributed by atoms with E-state index in [1.807, 2.05) is 25.2 Å². The lowest BCUT2D eigenvalue weighted by Gasteiger charge is -2.30. The van der Waals surface area contributed by atoms with Crippen LogP contribution in [-0.2, 0) is 0 Å². The Hall–Kier alpha value is -5.08. The van der Waals surface area contributed by atoms with Crippen LogP contribution < -0.4 is 9.80 Å². The monoisotopic (exact) mass is 648 g/mol. The molecule has 3 aromatic carbocycles. The maximum Gasteiger partial charge on any atom is 0.0487 e. The van der Waals surface area contributed by atoms with Gasteiger partial charge in [0.2, 0.25) is 0 Å². The Morgan fingerprint density at radius 2 is 1.39 bits per heavy atom. The van der Waals surface area contributed by atoms with E-state index >= 15 is 0 Å². The molecule has 0 saturated heterocycles. The van der Waals surface area contributed by atoms with Crippen LogP contribution in [0.5, 0.6) is 0 Å². The van der Waals surface area contributed by atoms with E-state index in [-0.39, 0.29) is 0 Å². The fourth-order valence-corrected chi connectivity index (χ4v) is 5.65. The highest BCUT2D eigenvalue weighted by Crippen LogP contribution is 2.38. The van der Waals surface area contributed by atoms with E-state index < -0.39 is 0 Å². The fourth-order valence-electron chi connectivity index (χ4n) is 5.65. The zero-order chi connectivity index (χ0) is 36.1. The molecule has 3 aromatic rings. The highest BCUT2D eigenvalue weighted by Gasteiger charge is 2.18. The normalized spacial score (nSPS) is 13.6. The van der Waals surface area contributed by atoms with Crippen molar-refractivity contribution in [1.82, 2.24) is 0 Å². The standard InChI is InChI=1S/C47H56N2/c1-13-18-20-35(7)27-28-48(43(16-4)29-34(6)14-2)46-25-23-41(31-39(46)11)42-24-26-47(40(12)32-42)49(45-22-19-21-36(8)30-45)44(17-5)33-38(10)37(9)15-3/h13-16,18-33H,2-3,17H2,1,4-12H3/b18-13-,28-27+,34-29-,35-20-,38-37+,43-16+,44-33+. The Labute approximate surface area is 297 Å². The van der Waals surface area contributed by atoms with Crippen LogP contribution in [0.2, 0.25) is 0 Å². The van der Waals surface area contributed by atoms with E-state index in [1.54, 1.807) is 0 Å². The summed E-state index contributed by atoms with van der Waals surface area (Å²) in [5.41, 5.74) is 16.5. The Morgan fingerprint density at radius 3 is 1.92 bits per heavy atom. The number of rotatable bonds is 14. The molecule has 0 saturated carbocycles. The predicted molar refractivity (Wildman–Crippen MR) is 220 cm³/mol. The Morgan fingerprint density at radius 1 is 0.735 bits per heavy atom. The lowest BCUT2D eigenvalue weighted by atomic mass is 9.98. The van der Waals surface area contributed by atoms with Gasteiger partial charge < -0.3 is 9.80 Å². The Bertz CT molecular complexity index is 1870. The van der Waals surface area contributed by atoms with Crippen LogP contribution in [0.4, 0.5) is 17.1 Å². The smallest absolute Gasteiger partial charge is 0.0487 e. The maximum absolute atomic E-state index is 3.99. The largest absolute Gasteiger partial charge is 0.317 e. The first-order valence-electron chi connectivity index (χ1n) is 17.3. The van der Waals surface area contributed by atoms with Crippen LogP contribution in [0.3, 0.4) is 0 Å². The van der Waals surface area contributed by atoms with E-state index in [1.165, 1.54) is 55.9 Å². The second kappa shape index (κ2) is 18.5. The molecule has 0 aliphatic rings. The molecule has 0 atom stereocenters. The van der Waals surface area contributed by atoms with E-state index in [2.05, 4.69) is 189 Å². The summed E-state index contributed by atoms with van der Waals surface area (Å²) in [5, 5.41) is 0. The number of hydrogen-bond donors (Lipinski definition) is 0. The summed E-state index contributed by atoms with van der Waals surface area (Å²) < 4.78 is 0. The summed E-state index contributed by atoms with van der Waals surface area (Å²) in [7, 11) is 0. The van der Waals surface area contributed by atoms with Crippen molar-refractivity contribution in [2.24, 2.45) is 0 Å². The van der Waals surface area contributed by atoms with Gasteiger partial charge in [-0.1, -0.05) is 80.8 Å². The van der Waals surface area contributed by atoms with Crippen LogP contribution in [-0.4, -0.2) is 0 Å². The highest BCUT2D eigenvalue weighted by molar-refractivity contribution is 5.77. The molecular weight excluding hydrogens is 593 g/mol. The summed E-state index contributed by atoms with van der Waals surface area (Å²) in [4.78, 5) is 4.67. The second-order valence-corrected chi connectivity index (χ2v) is 12.7. The molecule has 0 fully saturated rings. The average Bonchev–Trinajstić information content (AvgIpc) is 3.10. The fraction of sp³-hybridized carbons (Fsp3) is 0.234. The topological polar surface area (TPSA) is 6.48 Å². The lowest BCUT2D eigenvalue weighted by molar-refractivity contribution is 1.00. The van der Waals surface area contributed by atoms with E-state index in [4.69, 9.17) is 0 Å². The average molecular weight is 649 g/mol.